The summed E-state index contributed by atoms with van der Waals surface area (Å²) < 4.78 is 6.04. The van der Waals surface area contributed by atoms with Gasteiger partial charge in [-0.1, -0.05) is 18.2 Å². The molecule has 1 aromatic heterocycles. The van der Waals surface area contributed by atoms with Gasteiger partial charge in [-0.05, 0) is 59.6 Å². The van der Waals surface area contributed by atoms with Crippen molar-refractivity contribution in [1.82, 2.24) is 10.3 Å². The maximum absolute atomic E-state index is 12.1. The fraction of sp³-hybridized carbons (Fsp3) is 0.250. The minimum Gasteiger partial charge on any atom is -0.494 e. The fourth-order valence-electron chi connectivity index (χ4n) is 1.91. The van der Waals surface area contributed by atoms with E-state index in [0.29, 0.717) is 16.9 Å². The molecule has 2 rings (SSSR count). The Bertz CT molecular complexity index is 614. The molecule has 0 saturated carbocycles. The number of hydrogen-bond acceptors (Lipinski definition) is 3. The highest BCUT2D eigenvalue weighted by atomic mass is 79.9. The molecular weight excluding hydrogens is 332 g/mol. The van der Waals surface area contributed by atoms with Crippen LogP contribution in [0.25, 0.3) is 0 Å². The predicted molar refractivity (Wildman–Crippen MR) is 85.4 cm³/mol. The number of carbonyl (C=O) groups is 1. The van der Waals surface area contributed by atoms with E-state index in [1.165, 1.54) is 0 Å². The summed E-state index contributed by atoms with van der Waals surface area (Å²) in [6.07, 6.45) is 0. The van der Waals surface area contributed by atoms with Gasteiger partial charge in [-0.2, -0.15) is 0 Å². The van der Waals surface area contributed by atoms with Gasteiger partial charge < -0.3 is 10.1 Å². The molecule has 0 aliphatic heterocycles. The zero-order valence-electron chi connectivity index (χ0n) is 12.0. The Morgan fingerprint density at radius 1 is 1.29 bits per heavy atom. The number of rotatable bonds is 5. The Hall–Kier alpha value is -1.88. The number of halogens is 1. The van der Waals surface area contributed by atoms with E-state index in [2.05, 4.69) is 26.2 Å². The molecule has 21 heavy (non-hydrogen) atoms. The highest BCUT2D eigenvalue weighted by molar-refractivity contribution is 9.10. The van der Waals surface area contributed by atoms with Gasteiger partial charge in [0.2, 0.25) is 0 Å². The first-order valence-corrected chi connectivity index (χ1v) is 7.55. The van der Waals surface area contributed by atoms with Crippen molar-refractivity contribution in [3.8, 4) is 5.75 Å². The second-order valence-electron chi connectivity index (χ2n) is 4.54. The highest BCUT2D eigenvalue weighted by Crippen LogP contribution is 2.18. The van der Waals surface area contributed by atoms with Crippen molar-refractivity contribution in [3.63, 3.8) is 0 Å². The zero-order chi connectivity index (χ0) is 15.2. The molecule has 1 N–H and O–H groups in total. The average molecular weight is 349 g/mol. The molecule has 5 heteroatoms. The zero-order valence-corrected chi connectivity index (χ0v) is 13.6. The number of hydrogen-bond donors (Lipinski definition) is 1. The average Bonchev–Trinajstić information content (AvgIpc) is 2.48. The number of nitrogens with one attached hydrogen (secondary N) is 1. The summed E-state index contributed by atoms with van der Waals surface area (Å²) in [6.45, 7) is 4.52. The predicted octanol–water partition coefficient (Wildman–Crippen LogP) is 3.73. The van der Waals surface area contributed by atoms with Gasteiger partial charge in [-0.15, -0.1) is 0 Å². The fourth-order valence-corrected chi connectivity index (χ4v) is 2.25. The van der Waals surface area contributed by atoms with Crippen LogP contribution in [-0.2, 0) is 0 Å². The number of benzene rings is 1. The Morgan fingerprint density at radius 3 is 2.62 bits per heavy atom. The Morgan fingerprint density at radius 2 is 2.00 bits per heavy atom. The summed E-state index contributed by atoms with van der Waals surface area (Å²) in [5.41, 5.74) is 1.41. The summed E-state index contributed by atoms with van der Waals surface area (Å²) in [5, 5.41) is 2.93. The molecule has 1 unspecified atom stereocenters. The Labute approximate surface area is 132 Å². The van der Waals surface area contributed by atoms with E-state index in [1.807, 2.05) is 38.1 Å². The van der Waals surface area contributed by atoms with Crippen molar-refractivity contribution in [2.24, 2.45) is 0 Å². The number of carbonyl (C=O) groups excluding carboxylic acids is 1. The second-order valence-corrected chi connectivity index (χ2v) is 5.36. The summed E-state index contributed by atoms with van der Waals surface area (Å²) in [4.78, 5) is 16.3. The summed E-state index contributed by atoms with van der Waals surface area (Å²) in [7, 11) is 0. The van der Waals surface area contributed by atoms with Crippen molar-refractivity contribution < 1.29 is 9.53 Å². The number of aromatic nitrogens is 1. The van der Waals surface area contributed by atoms with Gasteiger partial charge in [0.05, 0.1) is 12.6 Å². The number of nitrogens with zero attached hydrogens (tertiary/aromatic N) is 1. The lowest BCUT2D eigenvalue weighted by Gasteiger charge is -2.14. The number of pyridine rings is 1. The minimum absolute atomic E-state index is 0.103. The van der Waals surface area contributed by atoms with Crippen LogP contribution in [0.15, 0.2) is 47.1 Å². The van der Waals surface area contributed by atoms with E-state index < -0.39 is 0 Å². The van der Waals surface area contributed by atoms with Gasteiger partial charge in [0.1, 0.15) is 16.0 Å². The molecule has 0 radical (unpaired) electrons. The van der Waals surface area contributed by atoms with Gasteiger partial charge in [0.15, 0.2) is 0 Å². The molecule has 1 aromatic carbocycles. The van der Waals surface area contributed by atoms with E-state index in [-0.39, 0.29) is 11.9 Å². The normalized spacial score (nSPS) is 11.8. The summed E-state index contributed by atoms with van der Waals surface area (Å²) in [6, 6.07) is 12.9. The molecule has 0 spiro atoms. The smallest absolute Gasteiger partial charge is 0.270 e. The molecule has 2 aromatic rings. The van der Waals surface area contributed by atoms with Gasteiger partial charge in [-0.25, -0.2) is 4.98 Å². The van der Waals surface area contributed by atoms with Gasteiger partial charge in [-0.3, -0.25) is 4.79 Å². The standard InChI is InChI=1S/C16H17BrN2O2/c1-3-21-13-9-7-12(8-10-13)11(2)18-16(20)14-5-4-6-15(17)19-14/h4-11H,3H2,1-2H3,(H,18,20). The molecule has 0 aliphatic rings. The number of ether oxygens (including phenoxy) is 1. The molecule has 1 heterocycles. The highest BCUT2D eigenvalue weighted by Gasteiger charge is 2.12. The Kier molecular flexibility index (Phi) is 5.33. The first kappa shape index (κ1) is 15.5. The molecule has 1 atom stereocenters. The third-order valence-corrected chi connectivity index (χ3v) is 3.43. The van der Waals surface area contributed by atoms with Crippen molar-refractivity contribution >= 4 is 21.8 Å². The first-order chi connectivity index (χ1) is 10.1. The molecule has 0 saturated heterocycles. The van der Waals surface area contributed by atoms with E-state index >= 15 is 0 Å². The third kappa shape index (κ3) is 4.29. The molecule has 110 valence electrons. The molecule has 0 fully saturated rings. The van der Waals surface area contributed by atoms with E-state index in [1.54, 1.807) is 18.2 Å². The summed E-state index contributed by atoms with van der Waals surface area (Å²) >= 11 is 3.26. The largest absolute Gasteiger partial charge is 0.494 e. The molecule has 4 nitrogen and oxygen atoms in total. The lowest BCUT2D eigenvalue weighted by atomic mass is 10.1. The van der Waals surface area contributed by atoms with Crippen LogP contribution < -0.4 is 10.1 Å². The van der Waals surface area contributed by atoms with Crippen LogP contribution in [0.5, 0.6) is 5.75 Å². The Balaban J connectivity index is 2.03. The minimum atomic E-state index is -0.197. The maximum Gasteiger partial charge on any atom is 0.270 e. The number of amides is 1. The van der Waals surface area contributed by atoms with Crippen molar-refractivity contribution in [1.29, 1.82) is 0 Å². The monoisotopic (exact) mass is 348 g/mol. The molecule has 1 amide bonds. The van der Waals surface area contributed by atoms with Crippen LogP contribution in [0.2, 0.25) is 0 Å². The van der Waals surface area contributed by atoms with Crippen LogP contribution in [-0.4, -0.2) is 17.5 Å². The van der Waals surface area contributed by atoms with E-state index in [4.69, 9.17) is 4.74 Å². The SMILES string of the molecule is CCOc1ccc(C(C)NC(=O)c2cccc(Br)n2)cc1. The molecular formula is C16H17BrN2O2. The van der Waals surface area contributed by atoms with Gasteiger partial charge >= 0.3 is 0 Å². The van der Waals surface area contributed by atoms with Crippen LogP contribution >= 0.6 is 15.9 Å². The third-order valence-electron chi connectivity index (χ3n) is 2.99. The van der Waals surface area contributed by atoms with Crippen molar-refractivity contribution in [3.05, 3.63) is 58.3 Å². The second kappa shape index (κ2) is 7.22. The lowest BCUT2D eigenvalue weighted by Crippen LogP contribution is -2.27. The van der Waals surface area contributed by atoms with E-state index in [0.717, 1.165) is 11.3 Å². The van der Waals surface area contributed by atoms with Crippen LogP contribution in [0, 0.1) is 0 Å². The molecule has 0 bridgehead atoms. The van der Waals surface area contributed by atoms with Gasteiger partial charge in [0, 0.05) is 0 Å². The van der Waals surface area contributed by atoms with E-state index in [9.17, 15) is 4.79 Å². The summed E-state index contributed by atoms with van der Waals surface area (Å²) in [5.74, 6) is 0.631. The van der Waals surface area contributed by atoms with Gasteiger partial charge in [0.25, 0.3) is 5.91 Å². The van der Waals surface area contributed by atoms with Crippen LogP contribution in [0.3, 0.4) is 0 Å². The van der Waals surface area contributed by atoms with Crippen LogP contribution in [0.4, 0.5) is 0 Å². The molecule has 0 aliphatic carbocycles. The first-order valence-electron chi connectivity index (χ1n) is 6.76. The lowest BCUT2D eigenvalue weighted by molar-refractivity contribution is 0.0934. The quantitative estimate of drug-likeness (QED) is 0.837. The van der Waals surface area contributed by atoms with Crippen molar-refractivity contribution in [2.75, 3.05) is 6.61 Å². The topological polar surface area (TPSA) is 51.2 Å². The van der Waals surface area contributed by atoms with Crippen LogP contribution in [0.1, 0.15) is 35.9 Å². The van der Waals surface area contributed by atoms with Crippen molar-refractivity contribution in [2.45, 2.75) is 19.9 Å². The maximum atomic E-state index is 12.1.